The first-order chi connectivity index (χ1) is 19.9. The molecule has 0 bridgehead atoms. The summed E-state index contributed by atoms with van der Waals surface area (Å²) in [5, 5.41) is 0. The van der Waals surface area contributed by atoms with E-state index in [9.17, 15) is 13.6 Å². The van der Waals surface area contributed by atoms with E-state index in [0.29, 0.717) is 31.9 Å². The number of halogens is 2. The van der Waals surface area contributed by atoms with E-state index >= 15 is 0 Å². The normalized spacial score (nSPS) is 18.5. The van der Waals surface area contributed by atoms with Crippen molar-refractivity contribution in [2.75, 3.05) is 20.3 Å². The summed E-state index contributed by atoms with van der Waals surface area (Å²) >= 11 is 0. The molecule has 1 fully saturated rings. The maximum atomic E-state index is 14.1. The number of amides is 1. The quantitative estimate of drug-likeness (QED) is 0.220. The molecule has 5 nitrogen and oxygen atoms in total. The van der Waals surface area contributed by atoms with E-state index < -0.39 is 17.7 Å². The fourth-order valence-electron chi connectivity index (χ4n) is 5.78. The predicted octanol–water partition coefficient (Wildman–Crippen LogP) is 7.81. The highest BCUT2D eigenvalue weighted by molar-refractivity contribution is 5.82. The fraction of sp³-hybridized carbons (Fsp3) is 0.457. The van der Waals surface area contributed by atoms with Crippen LogP contribution < -0.4 is 9.47 Å². The van der Waals surface area contributed by atoms with E-state index in [4.69, 9.17) is 14.2 Å². The smallest absolute Gasteiger partial charge is 0.252 e. The van der Waals surface area contributed by atoms with E-state index in [0.717, 1.165) is 35.3 Å². The first kappa shape index (κ1) is 31.5. The number of nitrogens with zero attached hydrogens (tertiary/aromatic N) is 1. The summed E-state index contributed by atoms with van der Waals surface area (Å²) in [5.74, 6) is 0.918. The third-order valence-electron chi connectivity index (χ3n) is 8.33. The topological polar surface area (TPSA) is 48.0 Å². The highest BCUT2D eigenvalue weighted by Gasteiger charge is 2.44. The number of rotatable bonds is 12. The van der Waals surface area contributed by atoms with Gasteiger partial charge in [0.25, 0.3) is 6.43 Å². The standard InChI is InChI=1S/C35H43F2NO4/c1-33(2)25-35(20-22-42-33,28-13-17-29(40-5)18-14-28)19-21-38(32(39)34(3,4)31(36)37)23-26-11-15-30(16-12-26)41-24-27-9-7-6-8-10-27/h6-18,31H,19-25H2,1-5H3/t35-/m1/s1. The van der Waals surface area contributed by atoms with Crippen molar-refractivity contribution in [3.05, 3.63) is 95.6 Å². The highest BCUT2D eigenvalue weighted by atomic mass is 19.3. The molecule has 1 aliphatic rings. The summed E-state index contributed by atoms with van der Waals surface area (Å²) in [6.07, 6.45) is -0.634. The van der Waals surface area contributed by atoms with Gasteiger partial charge in [0.15, 0.2) is 0 Å². The molecule has 3 aromatic rings. The molecule has 0 N–H and O–H groups in total. The van der Waals surface area contributed by atoms with Crippen molar-refractivity contribution in [2.45, 2.75) is 77.6 Å². The lowest BCUT2D eigenvalue weighted by molar-refractivity contribution is -0.150. The lowest BCUT2D eigenvalue weighted by atomic mass is 9.67. The second-order valence-corrected chi connectivity index (χ2v) is 12.5. The van der Waals surface area contributed by atoms with Gasteiger partial charge in [-0.05, 0) is 87.9 Å². The number of carbonyl (C=O) groups is 1. The first-order valence-corrected chi connectivity index (χ1v) is 14.6. The molecule has 3 aromatic carbocycles. The van der Waals surface area contributed by atoms with Crippen molar-refractivity contribution in [3.8, 4) is 11.5 Å². The van der Waals surface area contributed by atoms with Crippen molar-refractivity contribution >= 4 is 5.91 Å². The van der Waals surface area contributed by atoms with Crippen LogP contribution in [-0.4, -0.2) is 43.1 Å². The Hall–Kier alpha value is -3.45. The van der Waals surface area contributed by atoms with Gasteiger partial charge in [-0.15, -0.1) is 0 Å². The van der Waals surface area contributed by atoms with Crippen molar-refractivity contribution in [1.82, 2.24) is 4.90 Å². The summed E-state index contributed by atoms with van der Waals surface area (Å²) < 4.78 is 45.5. The zero-order chi connectivity index (χ0) is 30.4. The molecule has 0 unspecified atom stereocenters. The van der Waals surface area contributed by atoms with Gasteiger partial charge in [0.1, 0.15) is 23.5 Å². The van der Waals surface area contributed by atoms with E-state index in [-0.39, 0.29) is 17.6 Å². The zero-order valence-corrected chi connectivity index (χ0v) is 25.4. The van der Waals surface area contributed by atoms with Gasteiger partial charge in [0.2, 0.25) is 5.91 Å². The maximum Gasteiger partial charge on any atom is 0.252 e. The predicted molar refractivity (Wildman–Crippen MR) is 161 cm³/mol. The molecule has 0 saturated carbocycles. The Bertz CT molecular complexity index is 1290. The molecule has 0 aromatic heterocycles. The van der Waals surface area contributed by atoms with Gasteiger partial charge in [-0.2, -0.15) is 0 Å². The van der Waals surface area contributed by atoms with E-state index in [1.165, 1.54) is 13.8 Å². The van der Waals surface area contributed by atoms with Crippen LogP contribution in [0.15, 0.2) is 78.9 Å². The van der Waals surface area contributed by atoms with E-state index in [1.807, 2.05) is 66.7 Å². The van der Waals surface area contributed by atoms with Crippen LogP contribution in [0, 0.1) is 5.41 Å². The molecule has 1 heterocycles. The van der Waals surface area contributed by atoms with Gasteiger partial charge in [-0.3, -0.25) is 4.79 Å². The van der Waals surface area contributed by atoms with Crippen LogP contribution in [0.25, 0.3) is 0 Å². The van der Waals surface area contributed by atoms with Crippen LogP contribution in [0.2, 0.25) is 0 Å². The molecular weight excluding hydrogens is 536 g/mol. The first-order valence-electron chi connectivity index (χ1n) is 14.6. The Balaban J connectivity index is 1.56. The number of hydrogen-bond donors (Lipinski definition) is 0. The van der Waals surface area contributed by atoms with Crippen molar-refractivity contribution in [1.29, 1.82) is 0 Å². The summed E-state index contributed by atoms with van der Waals surface area (Å²) in [6, 6.07) is 25.4. The fourth-order valence-corrected chi connectivity index (χ4v) is 5.78. The van der Waals surface area contributed by atoms with Gasteiger partial charge in [-0.25, -0.2) is 8.78 Å². The Labute approximate surface area is 248 Å². The van der Waals surface area contributed by atoms with Crippen LogP contribution in [0.3, 0.4) is 0 Å². The molecule has 42 heavy (non-hydrogen) atoms. The molecule has 4 rings (SSSR count). The summed E-state index contributed by atoms with van der Waals surface area (Å²) in [6.45, 7) is 8.40. The average Bonchev–Trinajstić information content (AvgIpc) is 2.98. The van der Waals surface area contributed by atoms with Gasteiger partial charge < -0.3 is 19.1 Å². The second-order valence-electron chi connectivity index (χ2n) is 12.5. The van der Waals surface area contributed by atoms with Gasteiger partial charge in [0.05, 0.1) is 12.7 Å². The number of hydrogen-bond acceptors (Lipinski definition) is 4. The van der Waals surface area contributed by atoms with Crippen LogP contribution in [0.1, 0.15) is 63.6 Å². The number of alkyl halides is 2. The minimum Gasteiger partial charge on any atom is -0.497 e. The van der Waals surface area contributed by atoms with Gasteiger partial charge in [-0.1, -0.05) is 54.6 Å². The monoisotopic (exact) mass is 579 g/mol. The number of ether oxygens (including phenoxy) is 3. The van der Waals surface area contributed by atoms with Crippen LogP contribution in [-0.2, 0) is 28.1 Å². The molecule has 0 radical (unpaired) electrons. The Morgan fingerprint density at radius 2 is 1.60 bits per heavy atom. The summed E-state index contributed by atoms with van der Waals surface area (Å²) in [7, 11) is 1.64. The minimum absolute atomic E-state index is 0.229. The molecular formula is C35H43F2NO4. The number of methoxy groups -OCH3 is 1. The lowest BCUT2D eigenvalue weighted by Gasteiger charge is -2.46. The Morgan fingerprint density at radius 1 is 0.952 bits per heavy atom. The molecule has 226 valence electrons. The Morgan fingerprint density at radius 3 is 2.19 bits per heavy atom. The van der Waals surface area contributed by atoms with Crippen LogP contribution in [0.4, 0.5) is 8.78 Å². The molecule has 1 atom stereocenters. The molecule has 0 spiro atoms. The molecule has 1 amide bonds. The highest BCUT2D eigenvalue weighted by Crippen LogP contribution is 2.45. The van der Waals surface area contributed by atoms with Crippen LogP contribution >= 0.6 is 0 Å². The minimum atomic E-state index is -2.78. The van der Waals surface area contributed by atoms with Crippen LogP contribution in [0.5, 0.6) is 11.5 Å². The van der Waals surface area contributed by atoms with Crippen molar-refractivity contribution in [3.63, 3.8) is 0 Å². The van der Waals surface area contributed by atoms with Gasteiger partial charge in [0, 0.05) is 25.1 Å². The van der Waals surface area contributed by atoms with E-state index in [2.05, 4.69) is 26.0 Å². The molecule has 7 heteroatoms. The largest absolute Gasteiger partial charge is 0.497 e. The maximum absolute atomic E-state index is 14.1. The van der Waals surface area contributed by atoms with Crippen molar-refractivity contribution < 1.29 is 27.8 Å². The average molecular weight is 580 g/mol. The number of benzene rings is 3. The van der Waals surface area contributed by atoms with Gasteiger partial charge >= 0.3 is 0 Å². The lowest BCUT2D eigenvalue weighted by Crippen LogP contribution is -2.48. The Kier molecular flexibility index (Phi) is 9.93. The summed E-state index contributed by atoms with van der Waals surface area (Å²) in [5.41, 5.74) is 0.615. The number of carbonyl (C=O) groups excluding carboxylic acids is 1. The third kappa shape index (κ3) is 7.68. The molecule has 1 aliphatic heterocycles. The third-order valence-corrected chi connectivity index (χ3v) is 8.33. The van der Waals surface area contributed by atoms with Crippen molar-refractivity contribution in [2.24, 2.45) is 5.41 Å². The second kappa shape index (κ2) is 13.2. The molecule has 1 saturated heterocycles. The van der Waals surface area contributed by atoms with E-state index in [1.54, 1.807) is 12.0 Å². The SMILES string of the molecule is COc1ccc([C@]2(CCN(Cc3ccc(OCc4ccccc4)cc3)C(=O)C(C)(C)C(F)F)CCOC(C)(C)C2)cc1. The zero-order valence-electron chi connectivity index (χ0n) is 25.4. The summed E-state index contributed by atoms with van der Waals surface area (Å²) in [4.78, 5) is 15.2. The molecule has 0 aliphatic carbocycles.